The van der Waals surface area contributed by atoms with Crippen molar-refractivity contribution in [3.63, 3.8) is 0 Å². The van der Waals surface area contributed by atoms with E-state index >= 15 is 0 Å². The molecule has 0 amide bonds. The van der Waals surface area contributed by atoms with Crippen LogP contribution in [0.3, 0.4) is 0 Å². The second-order valence-corrected chi connectivity index (χ2v) is 4.66. The predicted octanol–water partition coefficient (Wildman–Crippen LogP) is 3.09. The number of ketones is 1. The van der Waals surface area contributed by atoms with Crippen molar-refractivity contribution in [2.24, 2.45) is 0 Å². The molecule has 100 valence electrons. The summed E-state index contributed by atoms with van der Waals surface area (Å²) in [7, 11) is 0. The molecule has 0 saturated heterocycles. The van der Waals surface area contributed by atoms with Crippen LogP contribution in [-0.2, 0) is 17.6 Å². The van der Waals surface area contributed by atoms with E-state index in [0.717, 1.165) is 31.6 Å². The first-order valence-corrected chi connectivity index (χ1v) is 7.01. The van der Waals surface area contributed by atoms with E-state index in [9.17, 15) is 4.79 Å². The molecule has 0 aliphatic heterocycles. The van der Waals surface area contributed by atoms with Gasteiger partial charge in [-0.15, -0.1) is 0 Å². The van der Waals surface area contributed by atoms with E-state index in [0.29, 0.717) is 18.6 Å². The average molecular weight is 247 g/mol. The third-order valence-corrected chi connectivity index (χ3v) is 3.43. The molecule has 2 nitrogen and oxygen atoms in total. The summed E-state index contributed by atoms with van der Waals surface area (Å²) in [6.07, 6.45) is 2.29. The molecule has 0 spiro atoms. The third kappa shape index (κ3) is 5.01. The largest absolute Gasteiger partial charge is 0.303 e. The minimum Gasteiger partial charge on any atom is -0.303 e. The van der Waals surface area contributed by atoms with E-state index in [1.807, 2.05) is 0 Å². The van der Waals surface area contributed by atoms with E-state index in [4.69, 9.17) is 0 Å². The number of hydrogen-bond donors (Lipinski definition) is 0. The van der Waals surface area contributed by atoms with Crippen LogP contribution in [0.2, 0.25) is 0 Å². The van der Waals surface area contributed by atoms with Gasteiger partial charge in [0.1, 0.15) is 5.78 Å². The Balaban J connectivity index is 2.39. The van der Waals surface area contributed by atoms with Gasteiger partial charge in [0.25, 0.3) is 0 Å². The number of rotatable bonds is 8. The molecule has 0 aromatic heterocycles. The lowest BCUT2D eigenvalue weighted by Gasteiger charge is -2.17. The van der Waals surface area contributed by atoms with Crippen molar-refractivity contribution in [1.29, 1.82) is 0 Å². The molecule has 1 aromatic rings. The molecule has 0 fully saturated rings. The van der Waals surface area contributed by atoms with E-state index in [2.05, 4.69) is 49.9 Å². The van der Waals surface area contributed by atoms with E-state index in [1.165, 1.54) is 5.56 Å². The molecule has 2 heteroatoms. The number of carbonyl (C=O) groups excluding carboxylic acids is 1. The van der Waals surface area contributed by atoms with Crippen LogP contribution >= 0.6 is 0 Å². The van der Waals surface area contributed by atoms with Crippen molar-refractivity contribution >= 4 is 5.78 Å². The molecule has 0 radical (unpaired) electrons. The van der Waals surface area contributed by atoms with Crippen LogP contribution in [0, 0.1) is 0 Å². The van der Waals surface area contributed by atoms with Gasteiger partial charge in [-0.05, 0) is 30.6 Å². The van der Waals surface area contributed by atoms with Gasteiger partial charge in [-0.2, -0.15) is 0 Å². The third-order valence-electron chi connectivity index (χ3n) is 3.43. The quantitative estimate of drug-likeness (QED) is 0.703. The molecular formula is C16H25NO. The van der Waals surface area contributed by atoms with Crippen molar-refractivity contribution in [3.05, 3.63) is 35.4 Å². The fourth-order valence-electron chi connectivity index (χ4n) is 2.03. The Morgan fingerprint density at radius 3 is 2.06 bits per heavy atom. The van der Waals surface area contributed by atoms with Crippen molar-refractivity contribution in [3.8, 4) is 0 Å². The normalized spacial score (nSPS) is 10.9. The van der Waals surface area contributed by atoms with Crippen LogP contribution in [0.4, 0.5) is 0 Å². The van der Waals surface area contributed by atoms with Gasteiger partial charge in [0.2, 0.25) is 0 Å². The van der Waals surface area contributed by atoms with Crippen LogP contribution in [-0.4, -0.2) is 30.3 Å². The highest BCUT2D eigenvalue weighted by molar-refractivity contribution is 5.81. The number of aryl methyl sites for hydroxylation is 1. The molecular weight excluding hydrogens is 222 g/mol. The first-order valence-electron chi connectivity index (χ1n) is 7.01. The van der Waals surface area contributed by atoms with Gasteiger partial charge < -0.3 is 4.90 Å². The standard InChI is InChI=1S/C16H25NO/c1-4-14-7-9-15(10-8-14)13-16(18)11-12-17(5-2)6-3/h7-10H,4-6,11-13H2,1-3H3. The number of benzene rings is 1. The van der Waals surface area contributed by atoms with Crippen molar-refractivity contribution in [1.82, 2.24) is 4.90 Å². The first kappa shape index (κ1) is 14.9. The number of carbonyl (C=O) groups is 1. The SMILES string of the molecule is CCc1ccc(CC(=O)CCN(CC)CC)cc1. The van der Waals surface area contributed by atoms with Crippen LogP contribution in [0.5, 0.6) is 0 Å². The molecule has 1 rings (SSSR count). The summed E-state index contributed by atoms with van der Waals surface area (Å²) < 4.78 is 0. The smallest absolute Gasteiger partial charge is 0.138 e. The Morgan fingerprint density at radius 2 is 1.56 bits per heavy atom. The van der Waals surface area contributed by atoms with Gasteiger partial charge in [0, 0.05) is 19.4 Å². The average Bonchev–Trinajstić information content (AvgIpc) is 2.41. The summed E-state index contributed by atoms with van der Waals surface area (Å²) in [5, 5.41) is 0. The second-order valence-electron chi connectivity index (χ2n) is 4.66. The molecule has 0 N–H and O–H groups in total. The summed E-state index contributed by atoms with van der Waals surface area (Å²) >= 11 is 0. The van der Waals surface area contributed by atoms with Gasteiger partial charge in [0.15, 0.2) is 0 Å². The van der Waals surface area contributed by atoms with E-state index < -0.39 is 0 Å². The van der Waals surface area contributed by atoms with Gasteiger partial charge in [-0.1, -0.05) is 45.0 Å². The predicted molar refractivity (Wildman–Crippen MR) is 76.9 cm³/mol. The zero-order valence-electron chi connectivity index (χ0n) is 11.9. The van der Waals surface area contributed by atoms with E-state index in [1.54, 1.807) is 0 Å². The molecule has 0 heterocycles. The monoisotopic (exact) mass is 247 g/mol. The first-order chi connectivity index (χ1) is 8.69. The lowest BCUT2D eigenvalue weighted by molar-refractivity contribution is -0.118. The number of Topliss-reactive ketones (excluding diaryl/α,β-unsaturated/α-hetero) is 1. The summed E-state index contributed by atoms with van der Waals surface area (Å²) in [5.74, 6) is 0.339. The highest BCUT2D eigenvalue weighted by Gasteiger charge is 2.06. The Labute approximate surface area is 111 Å². The zero-order valence-corrected chi connectivity index (χ0v) is 11.9. The zero-order chi connectivity index (χ0) is 13.4. The number of hydrogen-bond acceptors (Lipinski definition) is 2. The molecule has 0 atom stereocenters. The van der Waals surface area contributed by atoms with Crippen molar-refractivity contribution in [2.45, 2.75) is 40.0 Å². The molecule has 0 aliphatic carbocycles. The molecule has 1 aromatic carbocycles. The maximum Gasteiger partial charge on any atom is 0.138 e. The Morgan fingerprint density at radius 1 is 1.00 bits per heavy atom. The van der Waals surface area contributed by atoms with Gasteiger partial charge in [-0.25, -0.2) is 0 Å². The summed E-state index contributed by atoms with van der Waals surface area (Å²) in [5.41, 5.74) is 2.46. The fraction of sp³-hybridized carbons (Fsp3) is 0.562. The second kappa shape index (κ2) is 8.04. The molecule has 0 bridgehead atoms. The topological polar surface area (TPSA) is 20.3 Å². The van der Waals surface area contributed by atoms with Crippen molar-refractivity contribution in [2.75, 3.05) is 19.6 Å². The van der Waals surface area contributed by atoms with Crippen LogP contribution < -0.4 is 0 Å². The summed E-state index contributed by atoms with van der Waals surface area (Å²) in [6.45, 7) is 9.35. The minimum atomic E-state index is 0.339. The lowest BCUT2D eigenvalue weighted by atomic mass is 10.0. The molecule has 18 heavy (non-hydrogen) atoms. The van der Waals surface area contributed by atoms with Crippen molar-refractivity contribution < 1.29 is 4.79 Å². The molecule has 0 aliphatic rings. The van der Waals surface area contributed by atoms with Gasteiger partial charge in [-0.3, -0.25) is 4.79 Å². The maximum absolute atomic E-state index is 11.9. The van der Waals surface area contributed by atoms with Crippen LogP contribution in [0.15, 0.2) is 24.3 Å². The van der Waals surface area contributed by atoms with Crippen LogP contribution in [0.25, 0.3) is 0 Å². The minimum absolute atomic E-state index is 0.339. The Hall–Kier alpha value is -1.15. The summed E-state index contributed by atoms with van der Waals surface area (Å²) in [6, 6.07) is 8.39. The highest BCUT2D eigenvalue weighted by Crippen LogP contribution is 2.07. The molecule has 0 unspecified atom stereocenters. The van der Waals surface area contributed by atoms with Gasteiger partial charge in [0.05, 0.1) is 0 Å². The molecule has 0 saturated carbocycles. The number of nitrogens with zero attached hydrogens (tertiary/aromatic N) is 1. The fourth-order valence-corrected chi connectivity index (χ4v) is 2.03. The lowest BCUT2D eigenvalue weighted by Crippen LogP contribution is -2.26. The maximum atomic E-state index is 11.9. The Bertz CT molecular complexity index is 352. The Kier molecular flexibility index (Phi) is 6.66. The van der Waals surface area contributed by atoms with Gasteiger partial charge >= 0.3 is 0 Å². The summed E-state index contributed by atoms with van der Waals surface area (Å²) in [4.78, 5) is 14.2. The van der Waals surface area contributed by atoms with E-state index in [-0.39, 0.29) is 0 Å². The highest BCUT2D eigenvalue weighted by atomic mass is 16.1. The van der Waals surface area contributed by atoms with Crippen LogP contribution in [0.1, 0.15) is 38.3 Å².